The van der Waals surface area contributed by atoms with Crippen LogP contribution in [-0.4, -0.2) is 61.1 Å². The molecule has 0 atom stereocenters. The molecule has 29 heavy (non-hydrogen) atoms. The SMILES string of the molecule is CC(C)CN1CCC(F)(C(=O)Nc2cc3nc(-n4nccn4)ccc3cn2)CC1. The van der Waals surface area contributed by atoms with Crippen LogP contribution in [0.15, 0.2) is 36.8 Å². The van der Waals surface area contributed by atoms with Gasteiger partial charge in [-0.3, -0.25) is 4.79 Å². The molecule has 1 saturated heterocycles. The quantitative estimate of drug-likeness (QED) is 0.712. The van der Waals surface area contributed by atoms with Gasteiger partial charge < -0.3 is 10.2 Å². The van der Waals surface area contributed by atoms with Crippen molar-refractivity contribution in [2.75, 3.05) is 25.0 Å². The Morgan fingerprint density at radius 1 is 1.24 bits per heavy atom. The topological polar surface area (TPSA) is 88.8 Å². The average molecular weight is 397 g/mol. The number of hydrogen-bond acceptors (Lipinski definition) is 6. The second-order valence-corrected chi connectivity index (χ2v) is 7.86. The van der Waals surface area contributed by atoms with Gasteiger partial charge in [0, 0.05) is 50.1 Å². The van der Waals surface area contributed by atoms with Crippen LogP contribution in [0.5, 0.6) is 0 Å². The number of halogens is 1. The molecule has 0 aromatic carbocycles. The number of piperidine rings is 1. The second-order valence-electron chi connectivity index (χ2n) is 7.86. The Kier molecular flexibility index (Phi) is 5.23. The van der Waals surface area contributed by atoms with Crippen LogP contribution in [-0.2, 0) is 4.79 Å². The van der Waals surface area contributed by atoms with Crippen molar-refractivity contribution in [3.8, 4) is 5.82 Å². The van der Waals surface area contributed by atoms with Crippen molar-refractivity contribution in [2.45, 2.75) is 32.4 Å². The van der Waals surface area contributed by atoms with Crippen molar-refractivity contribution in [1.29, 1.82) is 0 Å². The van der Waals surface area contributed by atoms with Crippen LogP contribution < -0.4 is 5.32 Å². The minimum atomic E-state index is -1.88. The summed E-state index contributed by atoms with van der Waals surface area (Å²) in [4.78, 5) is 25.0. The van der Waals surface area contributed by atoms with Gasteiger partial charge in [-0.25, -0.2) is 14.4 Å². The molecule has 4 rings (SSSR count). The van der Waals surface area contributed by atoms with E-state index in [9.17, 15) is 4.79 Å². The Bertz CT molecular complexity index is 997. The first kappa shape index (κ1) is 19.4. The zero-order valence-corrected chi connectivity index (χ0v) is 16.5. The van der Waals surface area contributed by atoms with Crippen LogP contribution in [0, 0.1) is 5.92 Å². The largest absolute Gasteiger partial charge is 0.308 e. The Labute approximate surface area is 168 Å². The number of pyridine rings is 2. The van der Waals surface area contributed by atoms with E-state index in [0.29, 0.717) is 30.3 Å². The zero-order valence-electron chi connectivity index (χ0n) is 16.5. The fourth-order valence-corrected chi connectivity index (χ4v) is 3.58. The summed E-state index contributed by atoms with van der Waals surface area (Å²) in [5.41, 5.74) is -1.26. The Morgan fingerprint density at radius 3 is 2.66 bits per heavy atom. The molecule has 1 fully saturated rings. The van der Waals surface area contributed by atoms with E-state index in [2.05, 4.69) is 44.2 Å². The van der Waals surface area contributed by atoms with E-state index in [4.69, 9.17) is 0 Å². The molecule has 3 aromatic rings. The number of fused-ring (bicyclic) bond motifs is 1. The highest BCUT2D eigenvalue weighted by Gasteiger charge is 2.41. The second kappa shape index (κ2) is 7.82. The number of amides is 1. The first-order valence-electron chi connectivity index (χ1n) is 9.79. The van der Waals surface area contributed by atoms with Crippen molar-refractivity contribution in [2.24, 2.45) is 5.92 Å². The summed E-state index contributed by atoms with van der Waals surface area (Å²) in [7, 11) is 0. The molecule has 0 spiro atoms. The molecule has 1 aliphatic heterocycles. The van der Waals surface area contributed by atoms with E-state index in [-0.39, 0.29) is 18.7 Å². The van der Waals surface area contributed by atoms with Gasteiger partial charge in [-0.15, -0.1) is 4.80 Å². The monoisotopic (exact) mass is 397 g/mol. The molecule has 4 heterocycles. The Balaban J connectivity index is 1.48. The molecule has 0 unspecified atom stereocenters. The number of alkyl halides is 1. The van der Waals surface area contributed by atoms with Crippen LogP contribution in [0.1, 0.15) is 26.7 Å². The number of aromatic nitrogens is 5. The van der Waals surface area contributed by atoms with E-state index in [0.717, 1.165) is 11.9 Å². The van der Waals surface area contributed by atoms with Gasteiger partial charge >= 0.3 is 0 Å². The summed E-state index contributed by atoms with van der Waals surface area (Å²) >= 11 is 0. The highest BCUT2D eigenvalue weighted by molar-refractivity contribution is 5.97. The number of rotatable bonds is 5. The first-order valence-corrected chi connectivity index (χ1v) is 9.79. The summed E-state index contributed by atoms with van der Waals surface area (Å²) in [6.45, 7) is 6.35. The third kappa shape index (κ3) is 4.24. The van der Waals surface area contributed by atoms with Gasteiger partial charge in [0.05, 0.1) is 17.9 Å². The molecular weight excluding hydrogens is 373 g/mol. The van der Waals surface area contributed by atoms with Gasteiger partial charge in [0.15, 0.2) is 11.5 Å². The minimum absolute atomic E-state index is 0.187. The maximum Gasteiger partial charge on any atom is 0.263 e. The maximum absolute atomic E-state index is 15.2. The van der Waals surface area contributed by atoms with Crippen molar-refractivity contribution < 1.29 is 9.18 Å². The lowest BCUT2D eigenvalue weighted by atomic mass is 9.92. The molecule has 1 aliphatic rings. The fraction of sp³-hybridized carbons (Fsp3) is 0.450. The zero-order chi connectivity index (χ0) is 20.4. The van der Waals surface area contributed by atoms with Crippen LogP contribution >= 0.6 is 0 Å². The van der Waals surface area contributed by atoms with Gasteiger partial charge in [-0.05, 0) is 18.1 Å². The van der Waals surface area contributed by atoms with Crippen molar-refractivity contribution >= 4 is 22.6 Å². The van der Waals surface area contributed by atoms with Crippen LogP contribution in [0.4, 0.5) is 10.2 Å². The van der Waals surface area contributed by atoms with Crippen LogP contribution in [0.3, 0.4) is 0 Å². The summed E-state index contributed by atoms with van der Waals surface area (Å²) in [5.74, 6) is 0.707. The molecule has 0 aliphatic carbocycles. The van der Waals surface area contributed by atoms with Crippen molar-refractivity contribution in [1.82, 2.24) is 29.9 Å². The molecular formula is C20H24FN7O. The van der Waals surface area contributed by atoms with E-state index in [1.807, 2.05) is 6.07 Å². The van der Waals surface area contributed by atoms with E-state index in [1.54, 1.807) is 30.7 Å². The molecule has 1 N–H and O–H groups in total. The minimum Gasteiger partial charge on any atom is -0.308 e. The van der Waals surface area contributed by atoms with E-state index in [1.165, 1.54) is 4.80 Å². The van der Waals surface area contributed by atoms with Gasteiger partial charge in [-0.1, -0.05) is 13.8 Å². The van der Waals surface area contributed by atoms with Gasteiger partial charge in [-0.2, -0.15) is 10.2 Å². The molecule has 0 saturated carbocycles. The highest BCUT2D eigenvalue weighted by Crippen LogP contribution is 2.29. The summed E-state index contributed by atoms with van der Waals surface area (Å²) < 4.78 is 15.2. The standard InChI is InChI=1S/C20H24FN7O/c1-14(2)13-27-9-5-20(21,6-10-27)19(29)26-17-11-16-15(12-22-17)3-4-18(25-16)28-23-7-8-24-28/h3-4,7-8,11-12,14H,5-6,9-10,13H2,1-2H3,(H,22,26,29). The molecule has 3 aromatic heterocycles. The molecule has 8 nitrogen and oxygen atoms in total. The number of nitrogens with one attached hydrogen (secondary N) is 1. The normalized spacial score (nSPS) is 17.0. The number of hydrogen-bond donors (Lipinski definition) is 1. The Morgan fingerprint density at radius 2 is 1.97 bits per heavy atom. The average Bonchev–Trinajstić information content (AvgIpc) is 3.24. The summed E-state index contributed by atoms with van der Waals surface area (Å²) in [6, 6.07) is 5.27. The lowest BCUT2D eigenvalue weighted by Gasteiger charge is -2.36. The lowest BCUT2D eigenvalue weighted by Crippen LogP contribution is -2.49. The third-order valence-corrected chi connectivity index (χ3v) is 5.10. The molecule has 152 valence electrons. The molecule has 9 heteroatoms. The molecule has 0 radical (unpaired) electrons. The number of carbonyl (C=O) groups is 1. The van der Waals surface area contributed by atoms with Crippen molar-refractivity contribution in [3.05, 3.63) is 36.8 Å². The highest BCUT2D eigenvalue weighted by atomic mass is 19.1. The van der Waals surface area contributed by atoms with E-state index >= 15 is 4.39 Å². The Hall–Kier alpha value is -2.94. The summed E-state index contributed by atoms with van der Waals surface area (Å²) in [5, 5.41) is 11.6. The van der Waals surface area contributed by atoms with Gasteiger partial charge in [0.1, 0.15) is 5.82 Å². The number of carbonyl (C=O) groups excluding carboxylic acids is 1. The number of likely N-dealkylation sites (tertiary alicyclic amines) is 1. The number of nitrogens with zero attached hydrogens (tertiary/aromatic N) is 6. The third-order valence-electron chi connectivity index (χ3n) is 5.10. The first-order chi connectivity index (χ1) is 13.9. The van der Waals surface area contributed by atoms with Gasteiger partial charge in [0.25, 0.3) is 5.91 Å². The van der Waals surface area contributed by atoms with Crippen molar-refractivity contribution in [3.63, 3.8) is 0 Å². The summed E-state index contributed by atoms with van der Waals surface area (Å²) in [6.07, 6.45) is 5.11. The van der Waals surface area contributed by atoms with Crippen LogP contribution in [0.25, 0.3) is 16.7 Å². The van der Waals surface area contributed by atoms with Gasteiger partial charge in [0.2, 0.25) is 0 Å². The predicted octanol–water partition coefficient (Wildman–Crippen LogP) is 2.61. The predicted molar refractivity (Wildman–Crippen MR) is 107 cm³/mol. The molecule has 1 amide bonds. The van der Waals surface area contributed by atoms with E-state index < -0.39 is 11.6 Å². The molecule has 0 bridgehead atoms. The smallest absolute Gasteiger partial charge is 0.263 e. The number of anilines is 1. The lowest BCUT2D eigenvalue weighted by molar-refractivity contribution is -0.130. The maximum atomic E-state index is 15.2. The fourth-order valence-electron chi connectivity index (χ4n) is 3.58. The van der Waals surface area contributed by atoms with Crippen LogP contribution in [0.2, 0.25) is 0 Å².